The Balaban J connectivity index is 1.36. The normalized spacial score (nSPS) is 14.9. The predicted molar refractivity (Wildman–Crippen MR) is 101 cm³/mol. The van der Waals surface area contributed by atoms with E-state index in [-0.39, 0.29) is 11.7 Å². The molecule has 7 nitrogen and oxygen atoms in total. The van der Waals surface area contributed by atoms with E-state index in [0.717, 1.165) is 41.8 Å². The number of aromatic nitrogens is 3. The zero-order chi connectivity index (χ0) is 18.8. The zero-order valence-corrected chi connectivity index (χ0v) is 15.0. The monoisotopic (exact) mass is 364 g/mol. The molecule has 0 atom stereocenters. The van der Waals surface area contributed by atoms with Crippen molar-refractivity contribution in [1.29, 1.82) is 0 Å². The number of rotatable bonds is 6. The third-order valence-corrected chi connectivity index (χ3v) is 4.72. The van der Waals surface area contributed by atoms with Gasteiger partial charge >= 0.3 is 0 Å². The minimum atomic E-state index is -0.0458. The Kier molecular flexibility index (Phi) is 4.68. The number of fused-ring (bicyclic) bond motifs is 1. The molecule has 0 spiro atoms. The number of likely N-dealkylation sites (tertiary alicyclic amines) is 1. The van der Waals surface area contributed by atoms with Gasteiger partial charge in [0.2, 0.25) is 0 Å². The maximum absolute atomic E-state index is 12.0. The highest BCUT2D eigenvalue weighted by molar-refractivity contribution is 5.74. The Morgan fingerprint density at radius 3 is 2.81 bits per heavy atom. The van der Waals surface area contributed by atoms with Crippen molar-refractivity contribution in [2.45, 2.75) is 26.0 Å². The third kappa shape index (κ3) is 3.73. The molecule has 1 aliphatic heterocycles. The summed E-state index contributed by atoms with van der Waals surface area (Å²) in [5.41, 5.74) is 3.73. The number of H-pyrrole nitrogens is 1. The summed E-state index contributed by atoms with van der Waals surface area (Å²) in [6.07, 6.45) is 4.94. The van der Waals surface area contributed by atoms with Crippen LogP contribution in [0.2, 0.25) is 0 Å². The van der Waals surface area contributed by atoms with Gasteiger partial charge in [0.1, 0.15) is 17.5 Å². The quantitative estimate of drug-likeness (QED) is 0.673. The van der Waals surface area contributed by atoms with Crippen LogP contribution in [-0.4, -0.2) is 45.3 Å². The van der Waals surface area contributed by atoms with Crippen LogP contribution in [0.15, 0.2) is 41.5 Å². The van der Waals surface area contributed by atoms with Gasteiger partial charge in [0, 0.05) is 31.4 Å². The molecule has 0 saturated carbocycles. The molecule has 0 bridgehead atoms. The molecule has 4 rings (SSSR count). The highest BCUT2D eigenvalue weighted by atomic mass is 16.5. The van der Waals surface area contributed by atoms with Crippen molar-refractivity contribution in [3.63, 3.8) is 0 Å². The lowest BCUT2D eigenvalue weighted by atomic mass is 10.1. The number of aryl methyl sites for hydroxylation is 1. The second-order valence-electron chi connectivity index (χ2n) is 6.72. The first kappa shape index (κ1) is 17.4. The first-order valence-electron chi connectivity index (χ1n) is 8.95. The van der Waals surface area contributed by atoms with Crippen LogP contribution in [0.1, 0.15) is 28.5 Å². The number of nitrogens with one attached hydrogen (secondary N) is 1. The second-order valence-corrected chi connectivity index (χ2v) is 6.72. The Morgan fingerprint density at radius 1 is 1.26 bits per heavy atom. The van der Waals surface area contributed by atoms with E-state index in [4.69, 9.17) is 4.74 Å². The molecule has 1 saturated heterocycles. The summed E-state index contributed by atoms with van der Waals surface area (Å²) in [7, 11) is 0. The van der Waals surface area contributed by atoms with E-state index in [1.807, 2.05) is 25.3 Å². The van der Waals surface area contributed by atoms with Gasteiger partial charge in [-0.05, 0) is 36.2 Å². The number of pyridine rings is 3. The van der Waals surface area contributed by atoms with Crippen molar-refractivity contribution >= 4 is 17.3 Å². The summed E-state index contributed by atoms with van der Waals surface area (Å²) >= 11 is 0. The first-order valence-corrected chi connectivity index (χ1v) is 8.95. The number of hydrogen-bond acceptors (Lipinski definition) is 6. The number of aromatic amines is 1. The van der Waals surface area contributed by atoms with Crippen molar-refractivity contribution in [1.82, 2.24) is 19.9 Å². The van der Waals surface area contributed by atoms with Crippen molar-refractivity contribution in [3.8, 4) is 5.75 Å². The van der Waals surface area contributed by atoms with E-state index in [1.165, 1.54) is 0 Å². The molecule has 0 unspecified atom stereocenters. The topological polar surface area (TPSA) is 88.2 Å². The van der Waals surface area contributed by atoms with Gasteiger partial charge in [-0.25, -0.2) is 4.98 Å². The smallest absolute Gasteiger partial charge is 0.251 e. The summed E-state index contributed by atoms with van der Waals surface area (Å²) in [4.78, 5) is 36.3. The Labute approximate surface area is 156 Å². The van der Waals surface area contributed by atoms with Gasteiger partial charge in [0.25, 0.3) is 5.56 Å². The van der Waals surface area contributed by atoms with Crippen molar-refractivity contribution in [2.75, 3.05) is 13.1 Å². The number of nitrogens with zero attached hydrogens (tertiary/aromatic N) is 3. The van der Waals surface area contributed by atoms with E-state index >= 15 is 0 Å². The molecule has 1 aliphatic rings. The van der Waals surface area contributed by atoms with Crippen LogP contribution >= 0.6 is 0 Å². The van der Waals surface area contributed by atoms with E-state index < -0.39 is 0 Å². The van der Waals surface area contributed by atoms with Gasteiger partial charge in [0.15, 0.2) is 6.29 Å². The first-order chi connectivity index (χ1) is 13.1. The molecule has 27 heavy (non-hydrogen) atoms. The minimum Gasteiger partial charge on any atom is -0.486 e. The van der Waals surface area contributed by atoms with Gasteiger partial charge < -0.3 is 9.72 Å². The molecule has 3 aromatic rings. The number of carbonyl (C=O) groups excluding carboxylic acids is 1. The SMILES string of the molecule is CCc1cc2ncc(CN3CC(Oc4ccc(C=O)nc4)C3)cc2[nH]c1=O. The second kappa shape index (κ2) is 7.28. The zero-order valence-electron chi connectivity index (χ0n) is 15.0. The molecule has 0 radical (unpaired) electrons. The minimum absolute atomic E-state index is 0.0458. The van der Waals surface area contributed by atoms with Gasteiger partial charge in [-0.3, -0.25) is 19.5 Å². The van der Waals surface area contributed by atoms with E-state index in [1.54, 1.807) is 18.3 Å². The van der Waals surface area contributed by atoms with E-state index in [2.05, 4.69) is 19.9 Å². The van der Waals surface area contributed by atoms with Gasteiger partial charge in [0.05, 0.1) is 17.2 Å². The molecule has 7 heteroatoms. The van der Waals surface area contributed by atoms with Crippen LogP contribution in [-0.2, 0) is 13.0 Å². The van der Waals surface area contributed by atoms with E-state index in [0.29, 0.717) is 24.2 Å². The largest absolute Gasteiger partial charge is 0.486 e. The molecule has 0 amide bonds. The fourth-order valence-electron chi connectivity index (χ4n) is 3.22. The van der Waals surface area contributed by atoms with Gasteiger partial charge in [-0.2, -0.15) is 0 Å². The average molecular weight is 364 g/mol. The predicted octanol–water partition coefficient (Wildman–Crippen LogP) is 1.96. The number of carbonyl (C=O) groups is 1. The Bertz CT molecular complexity index is 1020. The Morgan fingerprint density at radius 2 is 2.11 bits per heavy atom. The van der Waals surface area contributed by atoms with Crippen LogP contribution in [0.25, 0.3) is 11.0 Å². The molecule has 138 valence electrons. The molecule has 4 heterocycles. The number of hydrogen-bond donors (Lipinski definition) is 1. The van der Waals surface area contributed by atoms with Crippen molar-refractivity contribution in [3.05, 3.63) is 63.8 Å². The van der Waals surface area contributed by atoms with Crippen LogP contribution in [0.5, 0.6) is 5.75 Å². The lowest BCUT2D eigenvalue weighted by Gasteiger charge is -2.38. The summed E-state index contributed by atoms with van der Waals surface area (Å²) in [6, 6.07) is 7.24. The average Bonchev–Trinajstić information content (AvgIpc) is 2.66. The maximum Gasteiger partial charge on any atom is 0.251 e. The van der Waals surface area contributed by atoms with Crippen LogP contribution in [0, 0.1) is 0 Å². The van der Waals surface area contributed by atoms with Gasteiger partial charge in [-0.15, -0.1) is 0 Å². The molecular formula is C20H20N4O3. The molecule has 1 N–H and O–H groups in total. The lowest BCUT2D eigenvalue weighted by Crippen LogP contribution is -2.53. The van der Waals surface area contributed by atoms with Gasteiger partial charge in [-0.1, -0.05) is 6.92 Å². The molecule has 1 fully saturated rings. The van der Waals surface area contributed by atoms with Crippen LogP contribution in [0.4, 0.5) is 0 Å². The number of ether oxygens (including phenoxy) is 1. The Hall–Kier alpha value is -3.06. The fourth-order valence-corrected chi connectivity index (χ4v) is 3.22. The highest BCUT2D eigenvalue weighted by Crippen LogP contribution is 2.20. The highest BCUT2D eigenvalue weighted by Gasteiger charge is 2.28. The van der Waals surface area contributed by atoms with Crippen LogP contribution in [0.3, 0.4) is 0 Å². The molecular weight excluding hydrogens is 344 g/mol. The number of aldehydes is 1. The summed E-state index contributed by atoms with van der Waals surface area (Å²) in [5.74, 6) is 0.668. The molecule has 3 aromatic heterocycles. The summed E-state index contributed by atoms with van der Waals surface area (Å²) in [5, 5.41) is 0. The third-order valence-electron chi connectivity index (χ3n) is 4.72. The fraction of sp³-hybridized carbons (Fsp3) is 0.300. The lowest BCUT2D eigenvalue weighted by molar-refractivity contribution is 0.0143. The molecule has 0 aromatic carbocycles. The van der Waals surface area contributed by atoms with E-state index in [9.17, 15) is 9.59 Å². The standard InChI is InChI=1S/C20H20N4O3/c1-2-14-6-18-19(23-20(14)26)5-13(7-22-18)9-24-10-17(11-24)27-16-4-3-15(12-25)21-8-16/h3-8,12,17H,2,9-11H2,1H3,(H,23,26). The van der Waals surface area contributed by atoms with Crippen molar-refractivity contribution in [2.24, 2.45) is 0 Å². The maximum atomic E-state index is 12.0. The molecule has 0 aliphatic carbocycles. The summed E-state index contributed by atoms with van der Waals surface area (Å²) < 4.78 is 5.85. The van der Waals surface area contributed by atoms with Crippen LogP contribution < -0.4 is 10.3 Å². The summed E-state index contributed by atoms with van der Waals surface area (Å²) in [6.45, 7) is 4.32. The van der Waals surface area contributed by atoms with Crippen molar-refractivity contribution < 1.29 is 9.53 Å².